The van der Waals surface area contributed by atoms with Crippen LogP contribution >= 0.6 is 0 Å². The number of alkyl halides is 3. The van der Waals surface area contributed by atoms with Crippen molar-refractivity contribution in [2.24, 2.45) is 0 Å². The zero-order valence-corrected chi connectivity index (χ0v) is 11.3. The van der Waals surface area contributed by atoms with Crippen molar-refractivity contribution >= 4 is 11.7 Å². The van der Waals surface area contributed by atoms with Crippen LogP contribution < -0.4 is 10.6 Å². The lowest BCUT2D eigenvalue weighted by atomic mass is 10.2. The quantitative estimate of drug-likeness (QED) is 0.732. The van der Waals surface area contributed by atoms with Gasteiger partial charge in [0.25, 0.3) is 0 Å². The minimum Gasteiger partial charge on any atom is -0.393 e. The second kappa shape index (κ2) is 7.26. The van der Waals surface area contributed by atoms with Gasteiger partial charge in [-0.05, 0) is 31.0 Å². The topological polar surface area (TPSA) is 61.4 Å². The third-order valence-electron chi connectivity index (χ3n) is 2.78. The molecule has 2 amide bonds. The van der Waals surface area contributed by atoms with E-state index in [9.17, 15) is 27.5 Å². The zero-order chi connectivity index (χ0) is 16.0. The van der Waals surface area contributed by atoms with Crippen LogP contribution in [0.25, 0.3) is 0 Å². The van der Waals surface area contributed by atoms with Gasteiger partial charge in [-0.1, -0.05) is 6.92 Å². The maximum atomic E-state index is 13.4. The minimum atomic E-state index is -4.62. The first kappa shape index (κ1) is 17.2. The van der Waals surface area contributed by atoms with Crippen LogP contribution in [0, 0.1) is 5.82 Å². The first-order valence-corrected chi connectivity index (χ1v) is 6.33. The van der Waals surface area contributed by atoms with Crippen molar-refractivity contribution in [3.05, 3.63) is 29.6 Å². The highest BCUT2D eigenvalue weighted by atomic mass is 19.4. The molecule has 0 aliphatic heterocycles. The Hall–Kier alpha value is -1.83. The van der Waals surface area contributed by atoms with E-state index >= 15 is 0 Å². The van der Waals surface area contributed by atoms with Crippen molar-refractivity contribution < 1.29 is 27.5 Å². The van der Waals surface area contributed by atoms with Gasteiger partial charge >= 0.3 is 12.2 Å². The van der Waals surface area contributed by atoms with Crippen molar-refractivity contribution in [1.29, 1.82) is 0 Å². The smallest absolute Gasteiger partial charge is 0.393 e. The Labute approximate surface area is 119 Å². The van der Waals surface area contributed by atoms with E-state index in [1.165, 1.54) is 0 Å². The number of urea groups is 1. The van der Waals surface area contributed by atoms with Crippen molar-refractivity contribution in [2.75, 3.05) is 11.9 Å². The van der Waals surface area contributed by atoms with Gasteiger partial charge in [0.2, 0.25) is 0 Å². The first-order chi connectivity index (χ1) is 9.74. The molecule has 0 heterocycles. The molecule has 21 heavy (non-hydrogen) atoms. The van der Waals surface area contributed by atoms with Gasteiger partial charge < -0.3 is 15.7 Å². The Morgan fingerprint density at radius 3 is 2.62 bits per heavy atom. The number of anilines is 1. The molecule has 0 spiro atoms. The van der Waals surface area contributed by atoms with Gasteiger partial charge in [0.1, 0.15) is 5.82 Å². The summed E-state index contributed by atoms with van der Waals surface area (Å²) in [5.74, 6) is -0.966. The molecular formula is C13H16F4N2O2. The average molecular weight is 308 g/mol. The third kappa shape index (κ3) is 5.58. The summed E-state index contributed by atoms with van der Waals surface area (Å²) in [5.41, 5.74) is -1.61. The fraction of sp³-hybridized carbons (Fsp3) is 0.462. The van der Waals surface area contributed by atoms with Crippen LogP contribution in [0.4, 0.5) is 28.0 Å². The highest BCUT2D eigenvalue weighted by Crippen LogP contribution is 2.31. The van der Waals surface area contributed by atoms with E-state index in [-0.39, 0.29) is 6.54 Å². The second-order valence-corrected chi connectivity index (χ2v) is 4.42. The van der Waals surface area contributed by atoms with E-state index in [1.807, 2.05) is 5.32 Å². The van der Waals surface area contributed by atoms with Gasteiger partial charge in [-0.15, -0.1) is 0 Å². The van der Waals surface area contributed by atoms with Gasteiger partial charge in [-0.25, -0.2) is 9.18 Å². The highest BCUT2D eigenvalue weighted by Gasteiger charge is 2.31. The van der Waals surface area contributed by atoms with Gasteiger partial charge in [0, 0.05) is 6.54 Å². The Bertz CT molecular complexity index is 492. The standard InChI is InChI=1S/C13H16F4N2O2/c1-2-9(20)5-6-18-12(21)19-11-7-8(13(15,16)17)3-4-10(11)14/h3-4,7,9,20H,2,5-6H2,1H3,(H2,18,19,21). The maximum Gasteiger partial charge on any atom is 0.416 e. The molecule has 1 aromatic rings. The largest absolute Gasteiger partial charge is 0.416 e. The van der Waals surface area contributed by atoms with E-state index in [4.69, 9.17) is 0 Å². The van der Waals surface area contributed by atoms with Gasteiger partial charge in [0.15, 0.2) is 0 Å². The SMILES string of the molecule is CCC(O)CCNC(=O)Nc1cc(C(F)(F)F)ccc1F. The monoisotopic (exact) mass is 308 g/mol. The molecule has 118 valence electrons. The van der Waals surface area contributed by atoms with Crippen molar-refractivity contribution in [1.82, 2.24) is 5.32 Å². The summed E-state index contributed by atoms with van der Waals surface area (Å²) in [6, 6.07) is 0.919. The predicted octanol–water partition coefficient (Wildman–Crippen LogP) is 3.13. The van der Waals surface area contributed by atoms with Gasteiger partial charge in [-0.3, -0.25) is 0 Å². The minimum absolute atomic E-state index is 0.126. The summed E-state index contributed by atoms with van der Waals surface area (Å²) in [7, 11) is 0. The molecule has 1 atom stereocenters. The molecule has 0 saturated heterocycles. The van der Waals surface area contributed by atoms with Gasteiger partial charge in [-0.2, -0.15) is 13.2 Å². The van der Waals surface area contributed by atoms with Crippen LogP contribution in [0.1, 0.15) is 25.3 Å². The summed E-state index contributed by atoms with van der Waals surface area (Å²) in [4.78, 5) is 11.4. The number of hydrogen-bond donors (Lipinski definition) is 3. The molecular weight excluding hydrogens is 292 g/mol. The van der Waals surface area contributed by atoms with Crippen molar-refractivity contribution in [3.8, 4) is 0 Å². The lowest BCUT2D eigenvalue weighted by Gasteiger charge is -2.12. The number of hydrogen-bond acceptors (Lipinski definition) is 2. The summed E-state index contributed by atoms with van der Waals surface area (Å²) in [5, 5.41) is 13.6. The summed E-state index contributed by atoms with van der Waals surface area (Å²) >= 11 is 0. The zero-order valence-electron chi connectivity index (χ0n) is 11.3. The predicted molar refractivity (Wildman–Crippen MR) is 69.3 cm³/mol. The van der Waals surface area contributed by atoms with E-state index in [0.717, 1.165) is 0 Å². The Kier molecular flexibility index (Phi) is 5.95. The van der Waals surface area contributed by atoms with Crippen LogP contribution in [-0.4, -0.2) is 23.8 Å². The number of aliphatic hydroxyl groups is 1. The van der Waals surface area contributed by atoms with Crippen LogP contribution in [0.5, 0.6) is 0 Å². The molecule has 1 unspecified atom stereocenters. The van der Waals surface area contributed by atoms with Crippen LogP contribution in [0.15, 0.2) is 18.2 Å². The van der Waals surface area contributed by atoms with Crippen LogP contribution in [-0.2, 0) is 6.18 Å². The fourth-order valence-corrected chi connectivity index (χ4v) is 1.52. The number of carbonyl (C=O) groups is 1. The number of benzene rings is 1. The fourth-order valence-electron chi connectivity index (χ4n) is 1.52. The lowest BCUT2D eigenvalue weighted by Crippen LogP contribution is -2.31. The molecule has 0 fully saturated rings. The summed E-state index contributed by atoms with van der Waals surface area (Å²) in [6.45, 7) is 1.89. The summed E-state index contributed by atoms with van der Waals surface area (Å²) in [6.07, 6.45) is -4.37. The average Bonchev–Trinajstić information content (AvgIpc) is 2.39. The molecule has 8 heteroatoms. The van der Waals surface area contributed by atoms with E-state index in [1.54, 1.807) is 6.92 Å². The first-order valence-electron chi connectivity index (χ1n) is 6.33. The molecule has 0 bridgehead atoms. The summed E-state index contributed by atoms with van der Waals surface area (Å²) < 4.78 is 50.8. The highest BCUT2D eigenvalue weighted by molar-refractivity contribution is 5.89. The molecule has 0 aliphatic carbocycles. The molecule has 0 aromatic heterocycles. The van der Waals surface area contributed by atoms with Crippen LogP contribution in [0.3, 0.4) is 0 Å². The molecule has 3 N–H and O–H groups in total. The molecule has 0 radical (unpaired) electrons. The maximum absolute atomic E-state index is 13.4. The van der Waals surface area contributed by atoms with E-state index in [0.29, 0.717) is 31.0 Å². The van der Waals surface area contributed by atoms with Crippen molar-refractivity contribution in [3.63, 3.8) is 0 Å². The Morgan fingerprint density at radius 1 is 1.38 bits per heavy atom. The molecule has 4 nitrogen and oxygen atoms in total. The molecule has 1 aromatic carbocycles. The number of nitrogens with one attached hydrogen (secondary N) is 2. The number of amides is 2. The third-order valence-corrected chi connectivity index (χ3v) is 2.78. The number of halogens is 4. The van der Waals surface area contributed by atoms with Crippen molar-refractivity contribution in [2.45, 2.75) is 32.0 Å². The van der Waals surface area contributed by atoms with Gasteiger partial charge in [0.05, 0.1) is 17.4 Å². The normalized spacial score (nSPS) is 12.9. The Balaban J connectivity index is 2.63. The number of carbonyl (C=O) groups excluding carboxylic acids is 1. The lowest BCUT2D eigenvalue weighted by molar-refractivity contribution is -0.137. The number of rotatable bonds is 5. The number of aliphatic hydroxyl groups excluding tert-OH is 1. The molecule has 0 aliphatic rings. The second-order valence-electron chi connectivity index (χ2n) is 4.42. The van der Waals surface area contributed by atoms with E-state index < -0.39 is 35.4 Å². The van der Waals surface area contributed by atoms with E-state index in [2.05, 4.69) is 5.32 Å². The molecule has 0 saturated carbocycles. The molecule has 1 rings (SSSR count). The van der Waals surface area contributed by atoms with Crippen LogP contribution in [0.2, 0.25) is 0 Å². The Morgan fingerprint density at radius 2 is 2.05 bits per heavy atom.